The highest BCUT2D eigenvalue weighted by molar-refractivity contribution is 7.54. The topological polar surface area (TPSA) is 40.5 Å². The van der Waals surface area contributed by atoms with Crippen LogP contribution in [-0.4, -0.2) is 9.79 Å². The molecule has 0 heterocycles. The van der Waals surface area contributed by atoms with Crippen molar-refractivity contribution in [1.82, 2.24) is 0 Å². The summed E-state index contributed by atoms with van der Waals surface area (Å²) in [6, 6.07) is 28.2. The maximum atomic E-state index is 11.0. The molecule has 0 bridgehead atoms. The van der Waals surface area contributed by atoms with Crippen LogP contribution in [-0.2, 0) is 21.7 Å². The van der Waals surface area contributed by atoms with Crippen LogP contribution < -0.4 is 5.30 Å². The summed E-state index contributed by atoms with van der Waals surface area (Å²) in [6.45, 7) is 27.1. The highest BCUT2D eigenvalue weighted by Gasteiger charge is 2.31. The Balaban J connectivity index is 2.28. The van der Waals surface area contributed by atoms with Gasteiger partial charge in [-0.2, -0.15) is 0 Å². The van der Waals surface area contributed by atoms with E-state index in [0.29, 0.717) is 5.30 Å². The number of benzene rings is 4. The number of hydrogen-bond donors (Lipinski definition) is 2. The van der Waals surface area contributed by atoms with Crippen LogP contribution in [0, 0.1) is 0 Å². The predicted molar refractivity (Wildman–Crippen MR) is 189 cm³/mol. The molecule has 2 nitrogen and oxygen atoms in total. The predicted octanol–water partition coefficient (Wildman–Crippen LogP) is 10.8. The molecule has 0 saturated carbocycles. The van der Waals surface area contributed by atoms with Gasteiger partial charge in [-0.05, 0) is 77.8 Å². The molecule has 0 radical (unpaired) electrons. The molecule has 2 N–H and O–H groups in total. The highest BCUT2D eigenvalue weighted by Crippen LogP contribution is 2.49. The SMILES string of the molecule is CC(C)(C)c1ccc(-c2c(-c3ccccc3)ccc(P(O)O)c2-c2ccc(C(C)(C)C)cc2C(C)(C)C)c(C(C)(C)C)c1. The van der Waals surface area contributed by atoms with Gasteiger partial charge in [0.05, 0.1) is 0 Å². The minimum atomic E-state index is -2.37. The molecule has 0 aliphatic rings. The van der Waals surface area contributed by atoms with Gasteiger partial charge < -0.3 is 9.79 Å². The van der Waals surface area contributed by atoms with E-state index in [4.69, 9.17) is 0 Å². The molecule has 3 heteroatoms. The van der Waals surface area contributed by atoms with E-state index in [9.17, 15) is 9.79 Å². The molecule has 228 valence electrons. The second-order valence-corrected chi connectivity index (χ2v) is 17.1. The van der Waals surface area contributed by atoms with Crippen molar-refractivity contribution < 1.29 is 9.79 Å². The largest absolute Gasteiger partial charge is 0.347 e. The fourth-order valence-corrected chi connectivity index (χ4v) is 6.51. The normalized spacial score (nSPS) is 13.1. The van der Waals surface area contributed by atoms with E-state index in [1.807, 2.05) is 12.1 Å². The van der Waals surface area contributed by atoms with Crippen LogP contribution in [0.3, 0.4) is 0 Å². The first kappa shape index (κ1) is 33.1. The van der Waals surface area contributed by atoms with Gasteiger partial charge in [-0.3, -0.25) is 0 Å². The van der Waals surface area contributed by atoms with Crippen molar-refractivity contribution in [2.24, 2.45) is 0 Å². The Morgan fingerprint density at radius 1 is 0.442 bits per heavy atom. The van der Waals surface area contributed by atoms with Crippen molar-refractivity contribution >= 4 is 13.7 Å². The Labute approximate surface area is 262 Å². The van der Waals surface area contributed by atoms with Gasteiger partial charge in [-0.1, -0.05) is 156 Å². The molecular weight excluding hydrogens is 543 g/mol. The molecule has 0 unspecified atom stereocenters. The summed E-state index contributed by atoms with van der Waals surface area (Å²) >= 11 is 0. The van der Waals surface area contributed by atoms with Gasteiger partial charge in [0, 0.05) is 10.9 Å². The van der Waals surface area contributed by atoms with E-state index in [1.165, 1.54) is 22.3 Å². The van der Waals surface area contributed by atoms with Crippen molar-refractivity contribution in [3.8, 4) is 33.4 Å². The summed E-state index contributed by atoms with van der Waals surface area (Å²) in [5.41, 5.74) is 11.0. The molecule has 4 aromatic carbocycles. The van der Waals surface area contributed by atoms with Gasteiger partial charge in [0.25, 0.3) is 0 Å². The molecule has 43 heavy (non-hydrogen) atoms. The lowest BCUT2D eigenvalue weighted by molar-refractivity contribution is 0.497. The van der Waals surface area contributed by atoms with Gasteiger partial charge in [-0.25, -0.2) is 0 Å². The van der Waals surface area contributed by atoms with Crippen LogP contribution in [0.4, 0.5) is 0 Å². The quantitative estimate of drug-likeness (QED) is 0.231. The van der Waals surface area contributed by atoms with Crippen LogP contribution in [0.2, 0.25) is 0 Å². The lowest BCUT2D eigenvalue weighted by Crippen LogP contribution is -2.20. The lowest BCUT2D eigenvalue weighted by atomic mass is 9.73. The molecule has 0 saturated heterocycles. The molecule has 4 rings (SSSR count). The van der Waals surface area contributed by atoms with E-state index >= 15 is 0 Å². The van der Waals surface area contributed by atoms with Crippen molar-refractivity contribution in [2.75, 3.05) is 0 Å². The molecular formula is C40H51O2P. The van der Waals surface area contributed by atoms with Crippen LogP contribution in [0.1, 0.15) is 105 Å². The zero-order chi connectivity index (χ0) is 32.1. The van der Waals surface area contributed by atoms with Crippen molar-refractivity contribution in [3.05, 3.63) is 101 Å². The molecule has 4 aromatic rings. The van der Waals surface area contributed by atoms with Crippen molar-refractivity contribution in [2.45, 2.75) is 105 Å². The smallest absolute Gasteiger partial charge is 0.200 e. The number of rotatable bonds is 4. The summed E-state index contributed by atoms with van der Waals surface area (Å²) in [5.74, 6) is 0. The monoisotopic (exact) mass is 594 g/mol. The Kier molecular flexibility index (Phi) is 8.96. The summed E-state index contributed by atoms with van der Waals surface area (Å²) in [5, 5.41) is 0.582. The molecule has 0 aromatic heterocycles. The van der Waals surface area contributed by atoms with Crippen molar-refractivity contribution in [1.29, 1.82) is 0 Å². The zero-order valence-corrected chi connectivity index (χ0v) is 29.2. The average molecular weight is 595 g/mol. The van der Waals surface area contributed by atoms with Gasteiger partial charge >= 0.3 is 0 Å². The second kappa shape index (κ2) is 11.6. The van der Waals surface area contributed by atoms with Crippen LogP contribution >= 0.6 is 8.38 Å². The Bertz CT molecular complexity index is 1600. The summed E-state index contributed by atoms with van der Waals surface area (Å²) in [6.07, 6.45) is 0. The van der Waals surface area contributed by atoms with Gasteiger partial charge in [0.2, 0.25) is 0 Å². The third-order valence-corrected chi connectivity index (χ3v) is 9.21. The highest BCUT2D eigenvalue weighted by atomic mass is 31.2. The molecule has 0 spiro atoms. The molecule has 0 fully saturated rings. The standard InChI is InChI=1S/C40H51O2P/c1-37(2,3)27-18-20-30(32(24-27)39(7,8)9)35-29(26-16-14-13-15-17-26)22-23-34(43(41)42)36(35)31-21-19-28(38(4,5)6)25-33(31)40(10,11)12/h13-25,41-42H,1-12H3. The Hall–Kier alpha value is -2.77. The summed E-state index contributed by atoms with van der Waals surface area (Å²) in [4.78, 5) is 22.0. The Morgan fingerprint density at radius 2 is 0.860 bits per heavy atom. The van der Waals surface area contributed by atoms with Crippen LogP contribution in [0.15, 0.2) is 78.9 Å². The average Bonchev–Trinajstić information content (AvgIpc) is 2.90. The zero-order valence-electron chi connectivity index (χ0n) is 28.3. The first-order chi connectivity index (χ1) is 19.7. The van der Waals surface area contributed by atoms with E-state index in [1.54, 1.807) is 0 Å². The van der Waals surface area contributed by atoms with Crippen LogP contribution in [0.5, 0.6) is 0 Å². The molecule has 0 aliphatic heterocycles. The first-order valence-electron chi connectivity index (χ1n) is 15.4. The molecule has 0 atom stereocenters. The van der Waals surface area contributed by atoms with Crippen LogP contribution in [0.25, 0.3) is 33.4 Å². The summed E-state index contributed by atoms with van der Waals surface area (Å²) < 4.78 is 0. The van der Waals surface area contributed by atoms with Gasteiger partial charge in [0.15, 0.2) is 8.38 Å². The maximum Gasteiger partial charge on any atom is 0.200 e. The minimum Gasteiger partial charge on any atom is -0.347 e. The van der Waals surface area contributed by atoms with E-state index in [0.717, 1.165) is 33.4 Å². The Morgan fingerprint density at radius 3 is 1.26 bits per heavy atom. The minimum absolute atomic E-state index is 0.00181. The molecule has 0 amide bonds. The lowest BCUT2D eigenvalue weighted by Gasteiger charge is -2.32. The fourth-order valence-electron chi connectivity index (χ4n) is 5.87. The number of hydrogen-bond acceptors (Lipinski definition) is 2. The van der Waals surface area contributed by atoms with E-state index in [2.05, 4.69) is 150 Å². The second-order valence-electron chi connectivity index (χ2n) is 16.1. The van der Waals surface area contributed by atoms with Crippen molar-refractivity contribution in [3.63, 3.8) is 0 Å². The van der Waals surface area contributed by atoms with E-state index < -0.39 is 8.38 Å². The first-order valence-corrected chi connectivity index (χ1v) is 16.7. The molecule has 0 aliphatic carbocycles. The maximum absolute atomic E-state index is 11.0. The summed E-state index contributed by atoms with van der Waals surface area (Å²) in [7, 11) is -2.37. The fraction of sp³-hybridized carbons (Fsp3) is 0.400. The van der Waals surface area contributed by atoms with E-state index in [-0.39, 0.29) is 21.7 Å². The third kappa shape index (κ3) is 6.99. The van der Waals surface area contributed by atoms with Gasteiger partial charge in [0.1, 0.15) is 0 Å². The third-order valence-electron chi connectivity index (χ3n) is 8.41. The van der Waals surface area contributed by atoms with Gasteiger partial charge in [-0.15, -0.1) is 0 Å².